The first kappa shape index (κ1) is 21.9. The third kappa shape index (κ3) is 7.52. The Morgan fingerprint density at radius 3 is 2.69 bits per heavy atom. The van der Waals surface area contributed by atoms with Gasteiger partial charge < -0.3 is 24.4 Å². The van der Waals surface area contributed by atoms with E-state index in [-0.39, 0.29) is 6.10 Å². The molecule has 2 heterocycles. The summed E-state index contributed by atoms with van der Waals surface area (Å²) in [5, 5.41) is 3.43. The number of nitrogens with zero attached hydrogens (tertiary/aromatic N) is 2. The van der Waals surface area contributed by atoms with E-state index >= 15 is 0 Å². The van der Waals surface area contributed by atoms with E-state index in [1.165, 1.54) is 12.8 Å². The van der Waals surface area contributed by atoms with Crippen LogP contribution in [-0.2, 0) is 9.47 Å². The van der Waals surface area contributed by atoms with Crippen LogP contribution in [0.3, 0.4) is 0 Å². The lowest BCUT2D eigenvalue weighted by Crippen LogP contribution is -2.47. The zero-order valence-electron chi connectivity index (χ0n) is 18.0. The van der Waals surface area contributed by atoms with E-state index in [0.717, 1.165) is 63.8 Å². The SMILES string of the molecule is CCNC(=NCC(C)Oc1ccccc1)N1CCC(OCC2CCCCO2)CC1. The molecule has 0 spiro atoms. The number of guanidine groups is 1. The Hall–Kier alpha value is -1.79. The predicted molar refractivity (Wildman–Crippen MR) is 117 cm³/mol. The number of para-hydroxylation sites is 1. The highest BCUT2D eigenvalue weighted by Gasteiger charge is 2.24. The van der Waals surface area contributed by atoms with Gasteiger partial charge in [0.15, 0.2) is 5.96 Å². The van der Waals surface area contributed by atoms with Crippen molar-refractivity contribution in [2.75, 3.05) is 39.4 Å². The van der Waals surface area contributed by atoms with Crippen molar-refractivity contribution in [3.63, 3.8) is 0 Å². The van der Waals surface area contributed by atoms with E-state index in [2.05, 4.69) is 24.1 Å². The van der Waals surface area contributed by atoms with E-state index in [0.29, 0.717) is 18.8 Å². The molecule has 6 heteroatoms. The number of ether oxygens (including phenoxy) is 3. The van der Waals surface area contributed by atoms with Gasteiger partial charge >= 0.3 is 0 Å². The van der Waals surface area contributed by atoms with E-state index in [4.69, 9.17) is 19.2 Å². The van der Waals surface area contributed by atoms with Crippen molar-refractivity contribution in [1.82, 2.24) is 10.2 Å². The number of hydrogen-bond donors (Lipinski definition) is 1. The molecule has 29 heavy (non-hydrogen) atoms. The van der Waals surface area contributed by atoms with Gasteiger partial charge in [0.25, 0.3) is 0 Å². The van der Waals surface area contributed by atoms with Gasteiger partial charge in [-0.15, -0.1) is 0 Å². The molecule has 2 atom stereocenters. The maximum Gasteiger partial charge on any atom is 0.194 e. The Balaban J connectivity index is 1.42. The summed E-state index contributed by atoms with van der Waals surface area (Å²) in [4.78, 5) is 7.17. The van der Waals surface area contributed by atoms with Crippen LogP contribution in [0, 0.1) is 0 Å². The molecule has 1 N–H and O–H groups in total. The van der Waals surface area contributed by atoms with Crippen LogP contribution >= 0.6 is 0 Å². The number of benzene rings is 1. The summed E-state index contributed by atoms with van der Waals surface area (Å²) in [6.45, 7) is 9.24. The first-order valence-electron chi connectivity index (χ1n) is 11.2. The lowest BCUT2D eigenvalue weighted by molar-refractivity contribution is -0.0721. The van der Waals surface area contributed by atoms with Crippen LogP contribution < -0.4 is 10.1 Å². The zero-order chi connectivity index (χ0) is 20.3. The molecule has 0 radical (unpaired) electrons. The Bertz CT molecular complexity index is 597. The van der Waals surface area contributed by atoms with Crippen LogP contribution in [0.5, 0.6) is 5.75 Å². The van der Waals surface area contributed by atoms with Crippen LogP contribution in [0.1, 0.15) is 46.0 Å². The van der Waals surface area contributed by atoms with Crippen molar-refractivity contribution in [2.45, 2.75) is 64.3 Å². The smallest absolute Gasteiger partial charge is 0.194 e. The summed E-state index contributed by atoms with van der Waals surface area (Å²) in [6.07, 6.45) is 6.33. The fourth-order valence-corrected chi connectivity index (χ4v) is 3.83. The molecule has 1 aromatic carbocycles. The van der Waals surface area contributed by atoms with Gasteiger partial charge in [-0.25, -0.2) is 4.99 Å². The van der Waals surface area contributed by atoms with Crippen molar-refractivity contribution in [2.24, 2.45) is 4.99 Å². The van der Waals surface area contributed by atoms with Crippen molar-refractivity contribution < 1.29 is 14.2 Å². The summed E-state index contributed by atoms with van der Waals surface area (Å²) in [5.41, 5.74) is 0. The van der Waals surface area contributed by atoms with Crippen molar-refractivity contribution in [3.8, 4) is 5.75 Å². The Kier molecular flexibility index (Phi) is 9.09. The summed E-state index contributed by atoms with van der Waals surface area (Å²) < 4.78 is 17.9. The molecule has 2 aliphatic heterocycles. The topological polar surface area (TPSA) is 55.3 Å². The lowest BCUT2D eigenvalue weighted by atomic mass is 10.1. The van der Waals surface area contributed by atoms with Gasteiger partial charge in [0, 0.05) is 26.2 Å². The number of hydrogen-bond acceptors (Lipinski definition) is 4. The minimum atomic E-state index is 0.0300. The average molecular weight is 404 g/mol. The first-order chi connectivity index (χ1) is 14.2. The van der Waals surface area contributed by atoms with Gasteiger partial charge in [-0.05, 0) is 58.1 Å². The molecule has 2 fully saturated rings. The maximum absolute atomic E-state index is 6.14. The van der Waals surface area contributed by atoms with Crippen molar-refractivity contribution >= 4 is 5.96 Å². The fourth-order valence-electron chi connectivity index (χ4n) is 3.83. The minimum absolute atomic E-state index is 0.0300. The van der Waals surface area contributed by atoms with Crippen molar-refractivity contribution in [3.05, 3.63) is 30.3 Å². The second-order valence-corrected chi connectivity index (χ2v) is 7.94. The molecule has 2 unspecified atom stereocenters. The van der Waals surface area contributed by atoms with E-state index in [1.807, 2.05) is 30.3 Å². The van der Waals surface area contributed by atoms with Gasteiger partial charge in [0.2, 0.25) is 0 Å². The van der Waals surface area contributed by atoms with E-state index < -0.39 is 0 Å². The summed E-state index contributed by atoms with van der Waals surface area (Å²) in [6, 6.07) is 9.93. The first-order valence-corrected chi connectivity index (χ1v) is 11.2. The largest absolute Gasteiger partial charge is 0.489 e. The second kappa shape index (κ2) is 12.0. The summed E-state index contributed by atoms with van der Waals surface area (Å²) >= 11 is 0. The highest BCUT2D eigenvalue weighted by Crippen LogP contribution is 2.18. The summed E-state index contributed by atoms with van der Waals surface area (Å²) in [5.74, 6) is 1.87. The molecule has 3 rings (SSSR count). The summed E-state index contributed by atoms with van der Waals surface area (Å²) in [7, 11) is 0. The molecule has 1 aromatic rings. The Labute approximate surface area is 175 Å². The highest BCUT2D eigenvalue weighted by atomic mass is 16.5. The molecule has 2 aliphatic rings. The number of nitrogens with one attached hydrogen (secondary N) is 1. The molecular weight excluding hydrogens is 366 g/mol. The average Bonchev–Trinajstić information content (AvgIpc) is 2.77. The monoisotopic (exact) mass is 403 g/mol. The van der Waals surface area contributed by atoms with Crippen LogP contribution in [0.25, 0.3) is 0 Å². The van der Waals surface area contributed by atoms with Crippen LogP contribution in [0.2, 0.25) is 0 Å². The molecular formula is C23H37N3O3. The normalized spacial score (nSPS) is 22.3. The fraction of sp³-hybridized carbons (Fsp3) is 0.696. The molecule has 0 aliphatic carbocycles. The number of piperidine rings is 1. The Morgan fingerprint density at radius 1 is 1.21 bits per heavy atom. The second-order valence-electron chi connectivity index (χ2n) is 7.94. The highest BCUT2D eigenvalue weighted by molar-refractivity contribution is 5.80. The predicted octanol–water partition coefficient (Wildman–Crippen LogP) is 3.47. The van der Waals surface area contributed by atoms with Gasteiger partial charge in [-0.1, -0.05) is 18.2 Å². The molecule has 6 nitrogen and oxygen atoms in total. The quantitative estimate of drug-likeness (QED) is 0.532. The standard InChI is InChI=1S/C23H37N3O3/c1-3-24-23(25-17-19(2)29-21-9-5-4-6-10-21)26-14-12-20(13-15-26)28-18-22-11-7-8-16-27-22/h4-6,9-10,19-20,22H,3,7-8,11-18H2,1-2H3,(H,24,25). The molecule has 162 valence electrons. The van der Waals surface area contributed by atoms with Gasteiger partial charge in [-0.3, -0.25) is 0 Å². The zero-order valence-corrected chi connectivity index (χ0v) is 18.0. The molecule has 2 saturated heterocycles. The van der Waals surface area contributed by atoms with Crippen LogP contribution in [0.4, 0.5) is 0 Å². The van der Waals surface area contributed by atoms with Gasteiger partial charge in [-0.2, -0.15) is 0 Å². The lowest BCUT2D eigenvalue weighted by Gasteiger charge is -2.35. The van der Waals surface area contributed by atoms with E-state index in [1.54, 1.807) is 0 Å². The number of aliphatic imine (C=N–C) groups is 1. The molecule has 0 bridgehead atoms. The third-order valence-electron chi connectivity index (χ3n) is 5.45. The number of likely N-dealkylation sites (tertiary alicyclic amines) is 1. The molecule has 0 saturated carbocycles. The van der Waals surface area contributed by atoms with Crippen molar-refractivity contribution in [1.29, 1.82) is 0 Å². The minimum Gasteiger partial charge on any atom is -0.489 e. The van der Waals surface area contributed by atoms with Gasteiger partial charge in [0.1, 0.15) is 11.9 Å². The Morgan fingerprint density at radius 2 is 2.00 bits per heavy atom. The van der Waals surface area contributed by atoms with Crippen LogP contribution in [-0.4, -0.2) is 68.6 Å². The molecule has 0 amide bonds. The maximum atomic E-state index is 6.14. The third-order valence-corrected chi connectivity index (χ3v) is 5.45. The molecule has 0 aromatic heterocycles. The van der Waals surface area contributed by atoms with Crippen LogP contribution in [0.15, 0.2) is 35.3 Å². The number of rotatable bonds is 8. The van der Waals surface area contributed by atoms with E-state index in [9.17, 15) is 0 Å². The van der Waals surface area contributed by atoms with Gasteiger partial charge in [0.05, 0.1) is 25.4 Å².